The van der Waals surface area contributed by atoms with Gasteiger partial charge in [0.25, 0.3) is 0 Å². The molecular formula is C134H80N4O2S2. The van der Waals surface area contributed by atoms with Crippen LogP contribution in [0.15, 0.2) is 433 Å². The average molecular weight is 1840 g/mol. The Morgan fingerprint density at radius 2 is 0.746 bits per heavy atom. The largest absolute Gasteiger partial charge is 0.456 e. The molecule has 660 valence electrons. The summed E-state index contributed by atoms with van der Waals surface area (Å²) in [5.41, 5.74) is 32.0. The van der Waals surface area contributed by atoms with E-state index in [1.165, 1.54) is 259 Å². The third kappa shape index (κ3) is 11.6. The molecule has 6 nitrogen and oxygen atoms in total. The Morgan fingerprint density at radius 1 is 0.261 bits per heavy atom. The molecule has 0 saturated heterocycles. The molecular weight excluding hydrogens is 1760 g/mol. The van der Waals surface area contributed by atoms with Gasteiger partial charge in [-0.05, 0) is 226 Å². The Morgan fingerprint density at radius 3 is 1.46 bits per heavy atom. The first-order valence-corrected chi connectivity index (χ1v) is 50.6. The molecule has 0 bridgehead atoms. The summed E-state index contributed by atoms with van der Waals surface area (Å²) < 4.78 is 20.9. The highest BCUT2D eigenvalue weighted by Crippen LogP contribution is 2.57. The Balaban J connectivity index is 0.0000000904. The molecule has 7 aromatic heterocycles. The van der Waals surface area contributed by atoms with E-state index in [0.717, 1.165) is 80.3 Å². The van der Waals surface area contributed by atoms with E-state index in [1.807, 2.05) is 40.9 Å². The van der Waals surface area contributed by atoms with Crippen LogP contribution >= 0.6 is 22.7 Å². The van der Waals surface area contributed by atoms with Gasteiger partial charge in [-0.1, -0.05) is 364 Å². The number of nitrogens with one attached hydrogen (secondary N) is 1. The van der Waals surface area contributed by atoms with Crippen molar-refractivity contribution in [1.29, 1.82) is 0 Å². The summed E-state index contributed by atoms with van der Waals surface area (Å²) in [5.74, 6) is 0.676. The van der Waals surface area contributed by atoms with Gasteiger partial charge in [-0.2, -0.15) is 0 Å². The van der Waals surface area contributed by atoms with Crippen molar-refractivity contribution in [3.05, 3.63) is 464 Å². The Hall–Kier alpha value is -17.7. The summed E-state index contributed by atoms with van der Waals surface area (Å²) in [6.07, 6.45) is 2.90. The zero-order chi connectivity index (χ0) is 92.8. The van der Waals surface area contributed by atoms with Crippen LogP contribution in [0.1, 0.15) is 38.9 Å². The fourth-order valence-electron chi connectivity index (χ4n) is 24.9. The zero-order valence-corrected chi connectivity index (χ0v) is 78.6. The van der Waals surface area contributed by atoms with Crippen LogP contribution in [0.25, 0.3) is 287 Å². The van der Waals surface area contributed by atoms with Crippen molar-refractivity contribution < 1.29 is 8.83 Å². The summed E-state index contributed by atoms with van der Waals surface area (Å²) in [7, 11) is 0. The summed E-state index contributed by atoms with van der Waals surface area (Å²) in [4.78, 5) is 14.1. The Labute approximate surface area is 821 Å². The van der Waals surface area contributed by atoms with E-state index in [-0.39, 0.29) is 0 Å². The number of fused-ring (bicyclic) bond motifs is 51. The van der Waals surface area contributed by atoms with E-state index < -0.39 is 0 Å². The number of hydrogen-bond donors (Lipinski definition) is 1. The maximum Gasteiger partial charge on any atom is 0.235 e. The highest BCUT2D eigenvalue weighted by atomic mass is 32.1. The number of benzene rings is 24. The van der Waals surface area contributed by atoms with Crippen LogP contribution in [0.4, 0.5) is 0 Å². The number of hydrogen-bond acceptors (Lipinski definition) is 6. The number of aromatic amines is 1. The molecule has 1 N–H and O–H groups in total. The third-order valence-corrected chi connectivity index (χ3v) is 33.6. The van der Waals surface area contributed by atoms with Crippen LogP contribution in [0.2, 0.25) is 0 Å². The van der Waals surface area contributed by atoms with Gasteiger partial charge in [0, 0.05) is 125 Å². The summed E-state index contributed by atoms with van der Waals surface area (Å²) >= 11 is 3.90. The molecule has 34 rings (SSSR count). The third-order valence-electron chi connectivity index (χ3n) is 31.1. The second-order valence-electron chi connectivity index (χ2n) is 38.6. The molecule has 24 aromatic carbocycles. The lowest BCUT2D eigenvalue weighted by Crippen LogP contribution is -2.03. The van der Waals surface area contributed by atoms with Crippen LogP contribution in [-0.2, 0) is 19.3 Å². The van der Waals surface area contributed by atoms with Crippen molar-refractivity contribution in [3.8, 4) is 61.7 Å². The van der Waals surface area contributed by atoms with Gasteiger partial charge in [0.15, 0.2) is 5.58 Å². The number of furan rings is 2. The van der Waals surface area contributed by atoms with Gasteiger partial charge in [0.2, 0.25) is 5.95 Å². The van der Waals surface area contributed by atoms with E-state index >= 15 is 0 Å². The van der Waals surface area contributed by atoms with Crippen molar-refractivity contribution in [3.63, 3.8) is 0 Å². The second kappa shape index (κ2) is 30.7. The molecule has 0 amide bonds. The van der Waals surface area contributed by atoms with Crippen LogP contribution in [0, 0.1) is 6.92 Å². The predicted octanol–water partition coefficient (Wildman–Crippen LogP) is 37.5. The SMILES string of the molecule is Cc1cc2c(c3ccccc13)Cc1c-2c2ccccc2c2c1oc1cc3ccccc3cc12.c1ccc(-c2nc(-n3c4ccccc4c4cc(-c5ccc6c(c5)-c5c(c7sc8ccccc8c7c7ccccc57)C6)ccc43)nc3ccccc23)cc1.c1ccc2c(c1)ccc1c2[nH]c2c3oc4ccccc4c3c3ccccc3c12.c1ccc2c3c(ccc2c1)-c1c(c2sc4ccccc4c2c2ccccc12)C3. The number of H-pyrrole nitrogens is 1. The maximum atomic E-state index is 6.69. The molecule has 8 heteroatoms. The van der Waals surface area contributed by atoms with Crippen molar-refractivity contribution >= 4 is 248 Å². The average Bonchev–Trinajstić information content (AvgIpc) is 1.59. The lowest BCUT2D eigenvalue weighted by atomic mass is 9.92. The van der Waals surface area contributed by atoms with Crippen LogP contribution in [-0.4, -0.2) is 19.5 Å². The molecule has 0 saturated carbocycles. The van der Waals surface area contributed by atoms with Gasteiger partial charge in [-0.15, -0.1) is 22.7 Å². The molecule has 31 aromatic rings. The molecule has 3 aliphatic carbocycles. The van der Waals surface area contributed by atoms with Crippen molar-refractivity contribution in [2.75, 3.05) is 0 Å². The van der Waals surface area contributed by atoms with Crippen molar-refractivity contribution in [2.24, 2.45) is 0 Å². The minimum Gasteiger partial charge on any atom is -0.456 e. The Kier molecular flexibility index (Phi) is 17.2. The molecule has 0 atom stereocenters. The minimum absolute atomic E-state index is 0.676. The summed E-state index contributed by atoms with van der Waals surface area (Å²) in [6.45, 7) is 2.23. The first kappa shape index (κ1) is 79.4. The second-order valence-corrected chi connectivity index (χ2v) is 40.7. The number of aryl methyl sites for hydroxylation is 1. The molecule has 0 spiro atoms. The smallest absolute Gasteiger partial charge is 0.235 e. The molecule has 0 radical (unpaired) electrons. The highest BCUT2D eigenvalue weighted by molar-refractivity contribution is 7.26. The minimum atomic E-state index is 0.676. The predicted molar refractivity (Wildman–Crippen MR) is 603 cm³/mol. The number of aromatic nitrogens is 4. The van der Waals surface area contributed by atoms with E-state index in [9.17, 15) is 0 Å². The lowest BCUT2D eigenvalue weighted by Gasteiger charge is -2.12. The van der Waals surface area contributed by atoms with Crippen molar-refractivity contribution in [1.82, 2.24) is 19.5 Å². The van der Waals surface area contributed by atoms with Gasteiger partial charge < -0.3 is 13.8 Å². The fourth-order valence-corrected chi connectivity index (χ4v) is 27.5. The standard InChI is InChI=1S/C49H29N3S.C32H20O.C27H16S.C26H15NO/c1-2-12-29(13-3-1)47-36-17-6-9-19-41(36)50-49(51-47)52-42-20-10-7-14-33(42)39-27-31(24-25-43(39)52)30-22-23-32-28-40-45(38(32)26-30)34-15-4-5-16-35(34)46-37-18-8-11-21-44(37)53-48(40)46;1-18-14-26-25(22-11-5-4-10-21(18)22)17-28-30(26)23-12-6-7-13-24(23)31-27-15-19-8-2-3-9-20(19)16-29(27)33-32(28)31;1-2-8-17-16(7-1)13-14-20-22(17)15-23-25(20)18-9-3-4-10-19(18)26-21-11-5-6-12-24(21)28-27(23)26;1-2-8-16-15(7-1)13-14-20-22-17-9-3-4-10-18(17)23-19-11-5-6-12-21(19)28-26(23)25(22)27-24(16)20/h1-27H,28H2;2-16H,17H2,1H3;1-14H,15H2;1-14,27H. The number of nitrogens with zero attached hydrogens (tertiary/aromatic N) is 3. The van der Waals surface area contributed by atoms with E-state index in [1.54, 1.807) is 0 Å². The molecule has 7 heterocycles. The number of para-hydroxylation sites is 3. The van der Waals surface area contributed by atoms with Gasteiger partial charge in [0.05, 0.1) is 33.3 Å². The highest BCUT2D eigenvalue weighted by Gasteiger charge is 2.34. The van der Waals surface area contributed by atoms with E-state index in [4.69, 9.17) is 18.8 Å². The van der Waals surface area contributed by atoms with Gasteiger partial charge in [-0.25, -0.2) is 9.97 Å². The summed E-state index contributed by atoms with van der Waals surface area (Å²) in [5, 5.41) is 37.3. The lowest BCUT2D eigenvalue weighted by molar-refractivity contribution is 0.666. The first-order chi connectivity index (χ1) is 70.4. The van der Waals surface area contributed by atoms with E-state index in [0.29, 0.717) is 5.95 Å². The number of rotatable bonds is 3. The zero-order valence-electron chi connectivity index (χ0n) is 77.0. The van der Waals surface area contributed by atoms with E-state index in [2.05, 4.69) is 423 Å². The first-order valence-electron chi connectivity index (χ1n) is 49.0. The van der Waals surface area contributed by atoms with Crippen molar-refractivity contribution in [2.45, 2.75) is 26.2 Å². The van der Waals surface area contributed by atoms with Gasteiger partial charge >= 0.3 is 0 Å². The fraction of sp³-hybridized carbons (Fsp3) is 0.0299. The maximum absolute atomic E-state index is 6.69. The molecule has 0 unspecified atom stereocenters. The normalized spacial score (nSPS) is 12.6. The van der Waals surface area contributed by atoms with Crippen LogP contribution < -0.4 is 0 Å². The van der Waals surface area contributed by atoms with Crippen LogP contribution in [0.5, 0.6) is 0 Å². The van der Waals surface area contributed by atoms with Crippen LogP contribution in [0.3, 0.4) is 0 Å². The molecule has 3 aliphatic rings. The Bertz CT molecular complexity index is 11000. The molecule has 0 aliphatic heterocycles. The monoisotopic (exact) mass is 1840 g/mol. The van der Waals surface area contributed by atoms with Gasteiger partial charge in [-0.3, -0.25) is 4.57 Å². The number of thiophene rings is 2. The summed E-state index contributed by atoms with van der Waals surface area (Å²) in [6, 6.07) is 154. The topological polar surface area (TPSA) is 72.8 Å². The molecule has 0 fully saturated rings. The quantitative estimate of drug-likeness (QED) is 0.191. The van der Waals surface area contributed by atoms with Gasteiger partial charge in [0.1, 0.15) is 16.7 Å². The molecule has 142 heavy (non-hydrogen) atoms.